The van der Waals surface area contributed by atoms with E-state index in [9.17, 15) is 0 Å². The van der Waals surface area contributed by atoms with Crippen LogP contribution in [0.3, 0.4) is 0 Å². The lowest BCUT2D eigenvalue weighted by atomic mass is 9.88. The zero-order chi connectivity index (χ0) is 21.8. The molecule has 3 aliphatic heterocycles. The molecule has 3 aromatic rings. The van der Waals surface area contributed by atoms with E-state index in [1.165, 1.54) is 24.2 Å². The van der Waals surface area contributed by atoms with Crippen molar-refractivity contribution in [2.45, 2.75) is 37.8 Å². The SMILES string of the molecule is c1cc2cc(c1)N1CN(N=N1)C1CCCCC1N1CN(c3cccc(c3)O2)c2ccccc21. The molecular weight excluding hydrogens is 412 g/mol. The fourth-order valence-corrected chi connectivity index (χ4v) is 5.70. The first-order valence-electron chi connectivity index (χ1n) is 11.8. The van der Waals surface area contributed by atoms with Crippen LogP contribution in [-0.2, 0) is 0 Å². The van der Waals surface area contributed by atoms with Gasteiger partial charge in [-0.25, -0.2) is 5.01 Å². The summed E-state index contributed by atoms with van der Waals surface area (Å²) in [5.41, 5.74) is 4.68. The number of rotatable bonds is 0. The van der Waals surface area contributed by atoms with E-state index in [1.54, 1.807) is 0 Å². The van der Waals surface area contributed by atoms with E-state index in [0.717, 1.165) is 42.4 Å². The minimum absolute atomic E-state index is 0.330. The topological polar surface area (TPSA) is 46.9 Å². The molecule has 33 heavy (non-hydrogen) atoms. The summed E-state index contributed by atoms with van der Waals surface area (Å²) in [5.74, 6) is 1.63. The van der Waals surface area contributed by atoms with Gasteiger partial charge in [0.25, 0.3) is 0 Å². The van der Waals surface area contributed by atoms with Crippen molar-refractivity contribution in [1.82, 2.24) is 5.01 Å². The molecule has 7 rings (SSSR count). The van der Waals surface area contributed by atoms with Crippen LogP contribution in [0.15, 0.2) is 83.2 Å². The maximum atomic E-state index is 6.28. The lowest BCUT2D eigenvalue weighted by molar-refractivity contribution is 0.151. The second kappa shape index (κ2) is 7.40. The maximum absolute atomic E-state index is 6.28. The Bertz CT molecular complexity index is 1230. The average molecular weight is 439 g/mol. The molecule has 0 saturated heterocycles. The number of nitrogens with zero attached hydrogens (tertiary/aromatic N) is 6. The maximum Gasteiger partial charge on any atom is 0.132 e. The molecule has 4 aliphatic rings. The number of hydrogen-bond donors (Lipinski definition) is 0. The van der Waals surface area contributed by atoms with Crippen LogP contribution in [0.25, 0.3) is 0 Å². The standard InChI is InChI=1S/C26H26N6O/c1-2-12-24-23(11-1)29-17-30(24)25-13-3-4-14-26(25)32-18-31(27-28-32)20-8-6-10-22(16-20)33-21-9-5-7-19(29)15-21/h1-2,5-12,15-16,25-26H,3-4,13-14,17-18H2. The second-order valence-electron chi connectivity index (χ2n) is 9.20. The van der Waals surface area contributed by atoms with Gasteiger partial charge in [0, 0.05) is 17.8 Å². The van der Waals surface area contributed by atoms with Gasteiger partial charge in [-0.3, -0.25) is 5.01 Å². The predicted octanol–water partition coefficient (Wildman–Crippen LogP) is 6.08. The van der Waals surface area contributed by atoms with Gasteiger partial charge in [0.2, 0.25) is 0 Å². The van der Waals surface area contributed by atoms with Gasteiger partial charge in [0.05, 0.1) is 35.8 Å². The van der Waals surface area contributed by atoms with Crippen molar-refractivity contribution in [2.75, 3.05) is 28.1 Å². The third-order valence-corrected chi connectivity index (χ3v) is 7.28. The third-order valence-electron chi connectivity index (χ3n) is 7.28. The van der Waals surface area contributed by atoms with Gasteiger partial charge in [-0.15, -0.1) is 0 Å². The summed E-state index contributed by atoms with van der Waals surface area (Å²) in [5, 5.41) is 13.3. The molecular formula is C26H26N6O. The van der Waals surface area contributed by atoms with E-state index in [2.05, 4.69) is 73.8 Å². The average Bonchev–Trinajstić information content (AvgIpc) is 3.50. The Balaban J connectivity index is 1.38. The molecule has 2 atom stereocenters. The van der Waals surface area contributed by atoms with Crippen LogP contribution < -0.4 is 19.5 Å². The molecule has 8 bridgehead atoms. The van der Waals surface area contributed by atoms with E-state index < -0.39 is 0 Å². The van der Waals surface area contributed by atoms with Crippen molar-refractivity contribution in [2.24, 2.45) is 10.4 Å². The Morgan fingerprint density at radius 3 is 2.27 bits per heavy atom. The Labute approximate surface area is 193 Å². The first-order valence-corrected chi connectivity index (χ1v) is 11.8. The van der Waals surface area contributed by atoms with Crippen molar-refractivity contribution < 1.29 is 4.74 Å². The van der Waals surface area contributed by atoms with E-state index in [4.69, 9.17) is 4.74 Å². The van der Waals surface area contributed by atoms with Crippen molar-refractivity contribution in [3.05, 3.63) is 72.8 Å². The molecule has 1 saturated carbocycles. The van der Waals surface area contributed by atoms with Gasteiger partial charge in [-0.05, 0) is 54.5 Å². The minimum Gasteiger partial charge on any atom is -0.457 e. The highest BCUT2D eigenvalue weighted by Crippen LogP contribution is 2.45. The van der Waals surface area contributed by atoms with Gasteiger partial charge >= 0.3 is 0 Å². The summed E-state index contributed by atoms with van der Waals surface area (Å²) in [6.45, 7) is 1.49. The van der Waals surface area contributed by atoms with Crippen LogP contribution in [0.4, 0.5) is 22.7 Å². The first-order chi connectivity index (χ1) is 16.3. The van der Waals surface area contributed by atoms with Gasteiger partial charge in [0.15, 0.2) is 0 Å². The Kier molecular flexibility index (Phi) is 4.22. The summed E-state index contributed by atoms with van der Waals surface area (Å²) in [6.07, 6.45) is 4.78. The van der Waals surface area contributed by atoms with Crippen LogP contribution >= 0.6 is 0 Å². The van der Waals surface area contributed by atoms with Crippen molar-refractivity contribution in [3.63, 3.8) is 0 Å². The summed E-state index contributed by atoms with van der Waals surface area (Å²) in [7, 11) is 0. The number of anilines is 4. The molecule has 0 amide bonds. The molecule has 3 aromatic carbocycles. The molecule has 2 unspecified atom stereocenters. The number of ether oxygens (including phenoxy) is 1. The predicted molar refractivity (Wildman–Crippen MR) is 129 cm³/mol. The fraction of sp³-hybridized carbons (Fsp3) is 0.308. The van der Waals surface area contributed by atoms with Crippen LogP contribution in [-0.4, -0.2) is 30.4 Å². The highest BCUT2D eigenvalue weighted by atomic mass is 16.5. The summed E-state index contributed by atoms with van der Waals surface area (Å²) < 4.78 is 6.28. The van der Waals surface area contributed by atoms with Crippen LogP contribution in [0, 0.1) is 0 Å². The number of benzene rings is 3. The Morgan fingerprint density at radius 2 is 1.42 bits per heavy atom. The van der Waals surface area contributed by atoms with E-state index in [1.807, 2.05) is 29.3 Å². The lowest BCUT2D eigenvalue weighted by Gasteiger charge is -2.42. The number of para-hydroxylation sites is 2. The molecule has 0 radical (unpaired) electrons. The van der Waals surface area contributed by atoms with Crippen LogP contribution in [0.1, 0.15) is 25.7 Å². The Hall–Kier alpha value is -3.74. The summed E-state index contributed by atoms with van der Waals surface area (Å²) in [4.78, 5) is 4.99. The van der Waals surface area contributed by atoms with E-state index >= 15 is 0 Å². The van der Waals surface area contributed by atoms with Gasteiger partial charge < -0.3 is 14.5 Å². The fourth-order valence-electron chi connectivity index (χ4n) is 5.70. The minimum atomic E-state index is 0.330. The molecule has 1 aliphatic carbocycles. The summed E-state index contributed by atoms with van der Waals surface area (Å²) in [6, 6.07) is 26.0. The second-order valence-corrected chi connectivity index (χ2v) is 9.20. The normalized spacial score (nSPS) is 22.9. The highest BCUT2D eigenvalue weighted by molar-refractivity contribution is 5.83. The number of fused-ring (bicyclic) bond motifs is 16. The molecule has 3 heterocycles. The quantitative estimate of drug-likeness (QED) is 0.426. The van der Waals surface area contributed by atoms with Gasteiger partial charge in [-0.2, -0.15) is 0 Å². The van der Waals surface area contributed by atoms with Crippen molar-refractivity contribution >= 4 is 22.7 Å². The first kappa shape index (κ1) is 18.8. The molecule has 0 aromatic heterocycles. The number of hydrogen-bond acceptors (Lipinski definition) is 7. The monoisotopic (exact) mass is 438 g/mol. The van der Waals surface area contributed by atoms with Crippen LogP contribution in [0.5, 0.6) is 11.5 Å². The molecule has 0 N–H and O–H groups in total. The third kappa shape index (κ3) is 3.10. The molecule has 0 spiro atoms. The van der Waals surface area contributed by atoms with Crippen LogP contribution in [0.2, 0.25) is 0 Å². The van der Waals surface area contributed by atoms with Crippen molar-refractivity contribution in [3.8, 4) is 11.5 Å². The largest absolute Gasteiger partial charge is 0.457 e. The summed E-state index contributed by atoms with van der Waals surface area (Å²) >= 11 is 0. The smallest absolute Gasteiger partial charge is 0.132 e. The molecule has 7 heteroatoms. The zero-order valence-electron chi connectivity index (χ0n) is 18.4. The zero-order valence-corrected chi connectivity index (χ0v) is 18.4. The Morgan fingerprint density at radius 1 is 0.697 bits per heavy atom. The lowest BCUT2D eigenvalue weighted by Crippen LogP contribution is -2.53. The van der Waals surface area contributed by atoms with Gasteiger partial charge in [-0.1, -0.05) is 42.3 Å². The molecule has 1 fully saturated rings. The van der Waals surface area contributed by atoms with E-state index in [0.29, 0.717) is 18.8 Å². The van der Waals surface area contributed by atoms with E-state index in [-0.39, 0.29) is 0 Å². The van der Waals surface area contributed by atoms with Gasteiger partial charge in [0.1, 0.15) is 18.2 Å². The van der Waals surface area contributed by atoms with Crippen molar-refractivity contribution in [1.29, 1.82) is 0 Å². The molecule has 7 nitrogen and oxygen atoms in total. The highest BCUT2D eigenvalue weighted by Gasteiger charge is 2.40. The molecule has 166 valence electrons.